The summed E-state index contributed by atoms with van der Waals surface area (Å²) in [7, 11) is -0.179. The van der Waals surface area contributed by atoms with E-state index in [1.807, 2.05) is 19.0 Å². The number of nitrogens with zero attached hydrogens (tertiary/aromatic N) is 1. The molecule has 21 heavy (non-hydrogen) atoms. The van der Waals surface area contributed by atoms with Gasteiger partial charge in [-0.05, 0) is 45.5 Å². The summed E-state index contributed by atoms with van der Waals surface area (Å²) in [4.78, 5) is 1.49. The predicted molar refractivity (Wildman–Crippen MR) is 81.3 cm³/mol. The van der Waals surface area contributed by atoms with Crippen molar-refractivity contribution in [1.82, 2.24) is 9.62 Å². The number of likely N-dealkylation sites (N-methyl/N-ethyl adjacent to an activating group) is 1. The van der Waals surface area contributed by atoms with Crippen LogP contribution in [0.5, 0.6) is 0 Å². The zero-order valence-electron chi connectivity index (χ0n) is 12.0. The lowest BCUT2D eigenvalue weighted by molar-refractivity contribution is 0.0656. The Labute approximate surface area is 129 Å². The van der Waals surface area contributed by atoms with E-state index in [1.165, 1.54) is 6.07 Å². The van der Waals surface area contributed by atoms with Crippen molar-refractivity contribution >= 4 is 27.3 Å². The quantitative estimate of drug-likeness (QED) is 0.805. The minimum absolute atomic E-state index is 0.104. The minimum atomic E-state index is -3.99. The van der Waals surface area contributed by atoms with Gasteiger partial charge in [-0.1, -0.05) is 11.6 Å². The maximum Gasteiger partial charge on any atom is 0.243 e. The normalized spacial score (nSPS) is 17.8. The van der Waals surface area contributed by atoms with Gasteiger partial charge in [0, 0.05) is 17.8 Å². The number of nitrogen functional groups attached to an aromatic ring is 1. The van der Waals surface area contributed by atoms with Crippen LogP contribution in [0, 0.1) is 5.82 Å². The zero-order valence-corrected chi connectivity index (χ0v) is 13.6. The fourth-order valence-corrected chi connectivity index (χ4v) is 3.99. The first-order valence-corrected chi connectivity index (χ1v) is 8.46. The van der Waals surface area contributed by atoms with Gasteiger partial charge in [-0.2, -0.15) is 0 Å². The molecule has 1 aromatic carbocycles. The molecular weight excluding hydrogens is 317 g/mol. The second kappa shape index (κ2) is 5.72. The van der Waals surface area contributed by atoms with Crippen LogP contribution in [0.25, 0.3) is 0 Å². The highest BCUT2D eigenvalue weighted by Crippen LogP contribution is 2.36. The lowest BCUT2D eigenvalue weighted by Crippen LogP contribution is -2.57. The lowest BCUT2D eigenvalue weighted by atomic mass is 9.76. The molecule has 0 bridgehead atoms. The number of sulfonamides is 1. The summed E-state index contributed by atoms with van der Waals surface area (Å²) in [5, 5.41) is -0.304. The summed E-state index contributed by atoms with van der Waals surface area (Å²) >= 11 is 5.65. The van der Waals surface area contributed by atoms with Gasteiger partial charge in [-0.3, -0.25) is 0 Å². The Morgan fingerprint density at radius 3 is 2.52 bits per heavy atom. The van der Waals surface area contributed by atoms with E-state index in [0.29, 0.717) is 0 Å². The van der Waals surface area contributed by atoms with E-state index >= 15 is 0 Å². The number of nitrogens with two attached hydrogens (primary N) is 1. The second-order valence-electron chi connectivity index (χ2n) is 5.61. The minimum Gasteiger partial charge on any atom is -0.399 e. The molecule has 0 unspecified atom stereocenters. The highest BCUT2D eigenvalue weighted by Gasteiger charge is 2.40. The lowest BCUT2D eigenvalue weighted by Gasteiger charge is -2.47. The van der Waals surface area contributed by atoms with Crippen molar-refractivity contribution < 1.29 is 12.8 Å². The van der Waals surface area contributed by atoms with Crippen molar-refractivity contribution in [2.24, 2.45) is 0 Å². The molecule has 2 rings (SSSR count). The van der Waals surface area contributed by atoms with E-state index in [9.17, 15) is 12.8 Å². The number of nitrogens with one attached hydrogen (secondary N) is 1. The molecule has 8 heteroatoms. The van der Waals surface area contributed by atoms with Crippen molar-refractivity contribution in [3.63, 3.8) is 0 Å². The number of hydrogen-bond acceptors (Lipinski definition) is 4. The average molecular weight is 336 g/mol. The third kappa shape index (κ3) is 3.15. The van der Waals surface area contributed by atoms with Crippen LogP contribution in [-0.4, -0.2) is 39.5 Å². The highest BCUT2D eigenvalue weighted by molar-refractivity contribution is 7.89. The van der Waals surface area contributed by atoms with Gasteiger partial charge in [-0.15, -0.1) is 0 Å². The van der Waals surface area contributed by atoms with Gasteiger partial charge in [0.05, 0.1) is 5.02 Å². The smallest absolute Gasteiger partial charge is 0.243 e. The number of rotatable bonds is 5. The Hall–Kier alpha value is -0.890. The molecule has 0 heterocycles. The Morgan fingerprint density at radius 2 is 2.05 bits per heavy atom. The van der Waals surface area contributed by atoms with Crippen LogP contribution in [-0.2, 0) is 10.0 Å². The first-order valence-electron chi connectivity index (χ1n) is 6.60. The van der Waals surface area contributed by atoms with Crippen LogP contribution in [0.3, 0.4) is 0 Å². The van der Waals surface area contributed by atoms with Crippen LogP contribution in [0.4, 0.5) is 10.1 Å². The maximum absolute atomic E-state index is 13.9. The Morgan fingerprint density at radius 1 is 1.43 bits per heavy atom. The number of anilines is 1. The molecule has 0 saturated heterocycles. The van der Waals surface area contributed by atoms with Crippen LogP contribution in [0.15, 0.2) is 17.0 Å². The highest BCUT2D eigenvalue weighted by atomic mass is 35.5. The summed E-state index contributed by atoms with van der Waals surface area (Å²) in [6.45, 7) is 0.230. The summed E-state index contributed by atoms with van der Waals surface area (Å²) in [5.41, 5.74) is 5.44. The van der Waals surface area contributed by atoms with Gasteiger partial charge in [0.15, 0.2) is 5.82 Å². The summed E-state index contributed by atoms with van der Waals surface area (Å²) in [5.74, 6) is -0.981. The van der Waals surface area contributed by atoms with Crippen LogP contribution < -0.4 is 10.5 Å². The summed E-state index contributed by atoms with van der Waals surface area (Å²) < 4.78 is 41.0. The van der Waals surface area contributed by atoms with Crippen LogP contribution >= 0.6 is 11.6 Å². The molecule has 0 amide bonds. The van der Waals surface area contributed by atoms with Gasteiger partial charge >= 0.3 is 0 Å². The van der Waals surface area contributed by atoms with Crippen molar-refractivity contribution in [3.8, 4) is 0 Å². The molecular formula is C13H19ClFN3O2S. The van der Waals surface area contributed by atoms with E-state index in [2.05, 4.69) is 4.72 Å². The molecule has 0 aliphatic heterocycles. The predicted octanol–water partition coefficient (Wildman–Crippen LogP) is 1.82. The molecule has 118 valence electrons. The summed E-state index contributed by atoms with van der Waals surface area (Å²) in [6, 6.07) is 2.26. The Balaban J connectivity index is 2.24. The Kier molecular flexibility index (Phi) is 4.49. The van der Waals surface area contributed by atoms with Gasteiger partial charge < -0.3 is 10.6 Å². The third-order valence-electron chi connectivity index (χ3n) is 4.13. The number of benzene rings is 1. The van der Waals surface area contributed by atoms with Crippen molar-refractivity contribution in [3.05, 3.63) is 23.0 Å². The van der Waals surface area contributed by atoms with Crippen LogP contribution in [0.2, 0.25) is 5.02 Å². The summed E-state index contributed by atoms with van der Waals surface area (Å²) in [6.07, 6.45) is 2.86. The average Bonchev–Trinajstić information content (AvgIpc) is 2.31. The van der Waals surface area contributed by atoms with Gasteiger partial charge in [0.2, 0.25) is 10.0 Å². The molecule has 3 N–H and O–H groups in total. The van der Waals surface area contributed by atoms with E-state index in [0.717, 1.165) is 25.3 Å². The van der Waals surface area contributed by atoms with E-state index in [-0.39, 0.29) is 22.8 Å². The molecule has 0 aromatic heterocycles. The second-order valence-corrected chi connectivity index (χ2v) is 7.75. The first-order chi connectivity index (χ1) is 9.68. The SMILES string of the molecule is CN(C)C1(CNS(=O)(=O)c2cc(N)cc(Cl)c2F)CCC1. The molecule has 0 atom stereocenters. The standard InChI is InChI=1S/C13H19ClFN3O2S/c1-18(2)13(4-3-5-13)8-17-21(19,20)11-7-9(16)6-10(14)12(11)15/h6-7,17H,3-5,8,16H2,1-2H3. The van der Waals surface area contributed by atoms with Crippen molar-refractivity contribution in [1.29, 1.82) is 0 Å². The first kappa shape index (κ1) is 16.5. The molecule has 1 saturated carbocycles. The van der Waals surface area contributed by atoms with Crippen molar-refractivity contribution in [2.75, 3.05) is 26.4 Å². The maximum atomic E-state index is 13.9. The van der Waals surface area contributed by atoms with E-state index in [1.54, 1.807) is 0 Å². The molecule has 1 aliphatic carbocycles. The largest absolute Gasteiger partial charge is 0.399 e. The third-order valence-corrected chi connectivity index (χ3v) is 5.81. The van der Waals surface area contributed by atoms with Crippen LogP contribution in [0.1, 0.15) is 19.3 Å². The topological polar surface area (TPSA) is 75.4 Å². The molecule has 5 nitrogen and oxygen atoms in total. The van der Waals surface area contributed by atoms with E-state index in [4.69, 9.17) is 17.3 Å². The molecule has 0 spiro atoms. The van der Waals surface area contributed by atoms with Gasteiger partial charge in [0.1, 0.15) is 4.90 Å². The number of hydrogen-bond donors (Lipinski definition) is 2. The fraction of sp³-hybridized carbons (Fsp3) is 0.538. The number of halogens is 2. The molecule has 1 aliphatic rings. The zero-order chi connectivity index (χ0) is 15.8. The van der Waals surface area contributed by atoms with Gasteiger partial charge in [-0.25, -0.2) is 17.5 Å². The fourth-order valence-electron chi connectivity index (χ4n) is 2.45. The van der Waals surface area contributed by atoms with Gasteiger partial charge in [0.25, 0.3) is 0 Å². The molecule has 0 radical (unpaired) electrons. The van der Waals surface area contributed by atoms with E-state index < -0.39 is 20.7 Å². The molecule has 1 aromatic rings. The molecule has 1 fully saturated rings. The Bertz CT molecular complexity index is 645. The monoisotopic (exact) mass is 335 g/mol. The van der Waals surface area contributed by atoms with Crippen molar-refractivity contribution in [2.45, 2.75) is 29.7 Å².